The number of fused-ring (bicyclic) bond motifs is 1. The van der Waals surface area contributed by atoms with E-state index in [0.29, 0.717) is 13.1 Å². The number of nitrogens with one attached hydrogen (secondary N) is 1. The molecule has 0 aliphatic heterocycles. The number of alkyl halides is 3. The molecule has 0 amide bonds. The SMILES string of the molecule is FC(F)(F)SCCNCc1ccc(Br)c2cccnc12. The summed E-state index contributed by atoms with van der Waals surface area (Å²) in [4.78, 5) is 4.32. The van der Waals surface area contributed by atoms with Gasteiger partial charge in [-0.15, -0.1) is 0 Å². The topological polar surface area (TPSA) is 24.9 Å². The summed E-state index contributed by atoms with van der Waals surface area (Å²) in [5.74, 6) is 0.00535. The molecular formula is C13H12BrF3N2S. The molecule has 0 saturated carbocycles. The number of hydrogen-bond donors (Lipinski definition) is 1. The molecule has 0 aliphatic carbocycles. The molecule has 0 atom stereocenters. The molecule has 0 radical (unpaired) electrons. The second-order valence-corrected chi connectivity index (χ2v) is 6.09. The number of thioether (sulfide) groups is 1. The third-order valence-corrected chi connectivity index (χ3v) is 4.09. The zero-order valence-corrected chi connectivity index (χ0v) is 12.8. The van der Waals surface area contributed by atoms with Crippen molar-refractivity contribution in [2.45, 2.75) is 12.1 Å². The number of pyridine rings is 1. The van der Waals surface area contributed by atoms with Crippen LogP contribution >= 0.6 is 27.7 Å². The van der Waals surface area contributed by atoms with Crippen molar-refractivity contribution in [3.8, 4) is 0 Å². The van der Waals surface area contributed by atoms with Gasteiger partial charge in [-0.2, -0.15) is 13.2 Å². The van der Waals surface area contributed by atoms with E-state index in [0.717, 1.165) is 20.9 Å². The Hall–Kier alpha value is -0.790. The number of rotatable bonds is 5. The summed E-state index contributed by atoms with van der Waals surface area (Å²) in [6.45, 7) is 0.799. The summed E-state index contributed by atoms with van der Waals surface area (Å²) in [6.07, 6.45) is 1.71. The van der Waals surface area contributed by atoms with Crippen LogP contribution in [0.4, 0.5) is 13.2 Å². The Balaban J connectivity index is 1.95. The van der Waals surface area contributed by atoms with Crippen LogP contribution in [-0.2, 0) is 6.54 Å². The predicted octanol–water partition coefficient (Wildman–Crippen LogP) is 4.34. The van der Waals surface area contributed by atoms with Crippen LogP contribution in [0.5, 0.6) is 0 Å². The Labute approximate surface area is 127 Å². The third-order valence-electron chi connectivity index (χ3n) is 2.66. The number of hydrogen-bond acceptors (Lipinski definition) is 3. The lowest BCUT2D eigenvalue weighted by atomic mass is 10.1. The van der Waals surface area contributed by atoms with Gasteiger partial charge in [0.25, 0.3) is 0 Å². The van der Waals surface area contributed by atoms with Crippen LogP contribution in [0.15, 0.2) is 34.9 Å². The van der Waals surface area contributed by atoms with Gasteiger partial charge in [0, 0.05) is 34.9 Å². The van der Waals surface area contributed by atoms with Gasteiger partial charge >= 0.3 is 5.51 Å². The van der Waals surface area contributed by atoms with Crippen LogP contribution in [0.2, 0.25) is 0 Å². The Kier molecular flexibility index (Phi) is 5.29. The molecule has 1 N–H and O–H groups in total. The highest BCUT2D eigenvalue weighted by Crippen LogP contribution is 2.29. The third kappa shape index (κ3) is 4.36. The molecule has 2 nitrogen and oxygen atoms in total. The van der Waals surface area contributed by atoms with Gasteiger partial charge in [-0.05, 0) is 29.5 Å². The monoisotopic (exact) mass is 364 g/mol. The highest BCUT2D eigenvalue weighted by atomic mass is 79.9. The van der Waals surface area contributed by atoms with Gasteiger partial charge in [-0.25, -0.2) is 0 Å². The molecule has 1 aromatic carbocycles. The Bertz CT molecular complexity index is 589. The molecule has 0 unspecified atom stereocenters. The Morgan fingerprint density at radius 3 is 2.80 bits per heavy atom. The molecule has 0 fully saturated rings. The van der Waals surface area contributed by atoms with Crippen molar-refractivity contribution in [1.82, 2.24) is 10.3 Å². The van der Waals surface area contributed by atoms with Crippen LogP contribution in [0.25, 0.3) is 10.9 Å². The Morgan fingerprint density at radius 2 is 2.05 bits per heavy atom. The minimum Gasteiger partial charge on any atom is -0.312 e. The molecule has 0 spiro atoms. The van der Waals surface area contributed by atoms with Crippen molar-refractivity contribution >= 4 is 38.6 Å². The maximum absolute atomic E-state index is 12.0. The maximum atomic E-state index is 12.0. The molecule has 0 aliphatic rings. The average molecular weight is 365 g/mol. The first kappa shape index (κ1) is 15.6. The van der Waals surface area contributed by atoms with Crippen LogP contribution in [0.3, 0.4) is 0 Å². The quantitative estimate of drug-likeness (QED) is 0.798. The summed E-state index contributed by atoms with van der Waals surface area (Å²) < 4.78 is 36.9. The van der Waals surface area contributed by atoms with E-state index in [2.05, 4.69) is 26.2 Å². The van der Waals surface area contributed by atoms with E-state index < -0.39 is 5.51 Å². The first-order valence-corrected chi connectivity index (χ1v) is 7.69. The van der Waals surface area contributed by atoms with E-state index in [1.165, 1.54) is 0 Å². The van der Waals surface area contributed by atoms with Crippen LogP contribution in [-0.4, -0.2) is 22.8 Å². The zero-order valence-electron chi connectivity index (χ0n) is 10.4. The average Bonchev–Trinajstić information content (AvgIpc) is 2.40. The molecule has 2 rings (SSSR count). The number of nitrogens with zero attached hydrogens (tertiary/aromatic N) is 1. The normalized spacial score (nSPS) is 12.0. The van der Waals surface area contributed by atoms with Gasteiger partial charge in [0.2, 0.25) is 0 Å². The summed E-state index contributed by atoms with van der Waals surface area (Å²) in [5.41, 5.74) is -2.33. The fraction of sp³-hybridized carbons (Fsp3) is 0.308. The van der Waals surface area contributed by atoms with Crippen molar-refractivity contribution < 1.29 is 13.2 Å². The van der Waals surface area contributed by atoms with Gasteiger partial charge in [-0.3, -0.25) is 4.98 Å². The van der Waals surface area contributed by atoms with Crippen molar-refractivity contribution in [2.75, 3.05) is 12.3 Å². The number of halogens is 4. The maximum Gasteiger partial charge on any atom is 0.441 e. The second kappa shape index (κ2) is 6.78. The standard InChI is InChI=1S/C13H12BrF3N2S/c14-11-4-3-9(12-10(11)2-1-5-19-12)8-18-6-7-20-13(15,16)17/h1-5,18H,6-8H2. The molecule has 1 heterocycles. The van der Waals surface area contributed by atoms with Crippen molar-refractivity contribution in [3.05, 3.63) is 40.5 Å². The summed E-state index contributed by atoms with van der Waals surface area (Å²) >= 11 is 3.45. The van der Waals surface area contributed by atoms with Crippen molar-refractivity contribution in [1.29, 1.82) is 0 Å². The zero-order chi connectivity index (χ0) is 14.6. The van der Waals surface area contributed by atoms with Crippen molar-refractivity contribution in [3.63, 3.8) is 0 Å². The van der Waals surface area contributed by atoms with E-state index in [-0.39, 0.29) is 17.5 Å². The number of aromatic nitrogens is 1. The summed E-state index contributed by atoms with van der Waals surface area (Å²) in [6, 6.07) is 7.65. The molecule has 0 saturated heterocycles. The van der Waals surface area contributed by atoms with E-state index in [4.69, 9.17) is 0 Å². The lowest BCUT2D eigenvalue weighted by Gasteiger charge is -2.09. The van der Waals surface area contributed by atoms with Crippen molar-refractivity contribution in [2.24, 2.45) is 0 Å². The Morgan fingerprint density at radius 1 is 1.25 bits per heavy atom. The fourth-order valence-corrected chi connectivity index (χ4v) is 2.73. The molecular weight excluding hydrogens is 353 g/mol. The van der Waals surface area contributed by atoms with Gasteiger partial charge in [0.05, 0.1) is 5.52 Å². The lowest BCUT2D eigenvalue weighted by molar-refractivity contribution is -0.0327. The molecule has 0 bridgehead atoms. The largest absolute Gasteiger partial charge is 0.441 e. The van der Waals surface area contributed by atoms with Gasteiger partial charge in [0.15, 0.2) is 0 Å². The van der Waals surface area contributed by atoms with E-state index in [1.807, 2.05) is 24.3 Å². The number of benzene rings is 1. The molecule has 7 heteroatoms. The van der Waals surface area contributed by atoms with E-state index >= 15 is 0 Å². The smallest absolute Gasteiger partial charge is 0.312 e. The molecule has 108 valence electrons. The predicted molar refractivity (Wildman–Crippen MR) is 79.7 cm³/mol. The van der Waals surface area contributed by atoms with E-state index in [1.54, 1.807) is 6.20 Å². The van der Waals surface area contributed by atoms with Crippen LogP contribution in [0, 0.1) is 0 Å². The first-order valence-electron chi connectivity index (χ1n) is 5.91. The molecule has 1 aromatic heterocycles. The minimum absolute atomic E-state index is 0.00535. The summed E-state index contributed by atoms with van der Waals surface area (Å²) in [5, 5.41) is 4.01. The van der Waals surface area contributed by atoms with Gasteiger partial charge < -0.3 is 5.32 Å². The second-order valence-electron chi connectivity index (χ2n) is 4.08. The van der Waals surface area contributed by atoms with Gasteiger partial charge in [-0.1, -0.05) is 28.1 Å². The molecule has 2 aromatic rings. The highest BCUT2D eigenvalue weighted by molar-refractivity contribution is 9.10. The highest BCUT2D eigenvalue weighted by Gasteiger charge is 2.27. The summed E-state index contributed by atoms with van der Waals surface area (Å²) in [7, 11) is 0. The van der Waals surface area contributed by atoms with Crippen LogP contribution < -0.4 is 5.32 Å². The first-order chi connectivity index (χ1) is 9.47. The lowest BCUT2D eigenvalue weighted by Crippen LogP contribution is -2.18. The van der Waals surface area contributed by atoms with E-state index in [9.17, 15) is 13.2 Å². The fourth-order valence-electron chi connectivity index (χ4n) is 1.80. The minimum atomic E-state index is -4.16. The van der Waals surface area contributed by atoms with Crippen LogP contribution in [0.1, 0.15) is 5.56 Å². The van der Waals surface area contributed by atoms with Gasteiger partial charge in [0.1, 0.15) is 0 Å². The molecule has 20 heavy (non-hydrogen) atoms.